The summed E-state index contributed by atoms with van der Waals surface area (Å²) >= 11 is 0. The molecule has 0 saturated carbocycles. The van der Waals surface area contributed by atoms with Crippen LogP contribution in [-0.2, 0) is 0 Å². The zero-order valence-electron chi connectivity index (χ0n) is 21.3. The molecule has 0 heterocycles. The Labute approximate surface area is 234 Å². The molecule has 16 heteroatoms. The van der Waals surface area contributed by atoms with E-state index < -0.39 is 137 Å². The number of rotatable bonds is 4. The molecule has 44 heavy (non-hydrogen) atoms. The van der Waals surface area contributed by atoms with Crippen molar-refractivity contribution in [3.63, 3.8) is 0 Å². The average molecular weight is 642 g/mol. The van der Waals surface area contributed by atoms with Crippen LogP contribution in [0.3, 0.4) is 0 Å². The Hall–Kier alpha value is -4.76. The van der Waals surface area contributed by atoms with Gasteiger partial charge in [-0.05, 0) is 0 Å². The first-order valence-electron chi connectivity index (χ1n) is 11.5. The van der Waals surface area contributed by atoms with Gasteiger partial charge in [-0.15, -0.1) is 0 Å². The molecule has 0 spiro atoms. The number of methoxy groups -OCH3 is 2. The van der Waals surface area contributed by atoms with Crippen LogP contribution in [0.2, 0.25) is 0 Å². The summed E-state index contributed by atoms with van der Waals surface area (Å²) < 4.78 is 220. The van der Waals surface area contributed by atoms with E-state index in [9.17, 15) is 26.3 Å². The van der Waals surface area contributed by atoms with E-state index in [-0.39, 0.29) is 0 Å². The Kier molecular flexibility index (Phi) is 7.29. The molecule has 0 aliphatic carbocycles. The Morgan fingerprint density at radius 3 is 0.955 bits per heavy atom. The van der Waals surface area contributed by atoms with Crippen molar-refractivity contribution in [2.45, 2.75) is 0 Å². The van der Waals surface area contributed by atoms with Gasteiger partial charge in [-0.3, -0.25) is 0 Å². The van der Waals surface area contributed by atoms with Crippen LogP contribution in [-0.4, -0.2) is 14.2 Å². The van der Waals surface area contributed by atoms with Gasteiger partial charge in [-0.1, -0.05) is 0 Å². The van der Waals surface area contributed by atoms with Crippen molar-refractivity contribution in [3.8, 4) is 33.8 Å². The van der Waals surface area contributed by atoms with Gasteiger partial charge in [0.25, 0.3) is 0 Å². The lowest BCUT2D eigenvalue weighted by atomic mass is 9.83. The van der Waals surface area contributed by atoms with Gasteiger partial charge in [0, 0.05) is 44.8 Å². The highest BCUT2D eigenvalue weighted by molar-refractivity contribution is 6.22. The first kappa shape index (κ1) is 30.7. The van der Waals surface area contributed by atoms with Crippen LogP contribution in [0.1, 0.15) is 0 Å². The molecule has 2 nitrogen and oxygen atoms in total. The van der Waals surface area contributed by atoms with Gasteiger partial charge >= 0.3 is 0 Å². The predicted octanol–water partition coefficient (Wildman–Crippen LogP) is 9.29. The van der Waals surface area contributed by atoms with Crippen LogP contribution in [0.15, 0.2) is 12.1 Å². The van der Waals surface area contributed by atoms with Crippen LogP contribution in [0.25, 0.3) is 43.8 Å². The molecule has 0 aromatic heterocycles. The van der Waals surface area contributed by atoms with Gasteiger partial charge < -0.3 is 9.47 Å². The summed E-state index contributed by atoms with van der Waals surface area (Å²) in [6, 6.07) is 0.611. The summed E-state index contributed by atoms with van der Waals surface area (Å²) in [4.78, 5) is 0. The molecular weight excluding hydrogens is 634 g/mol. The van der Waals surface area contributed by atoms with Crippen molar-refractivity contribution in [2.24, 2.45) is 0 Å². The number of benzene rings is 5. The summed E-state index contributed by atoms with van der Waals surface area (Å²) in [6.45, 7) is 0. The van der Waals surface area contributed by atoms with Crippen molar-refractivity contribution in [1.29, 1.82) is 0 Å². The standard InChI is InChI=1S/C28H8F14O2/c1-43-5-3-6(29)8(7(30)4-5)9-11-13(18(33)24(39)22(37)16(11)31)10(14-12(9)17(32)23(38)25(40)19(14)34)15-20(35)26(41)28(44-2)27(42)21(15)36/h3-4H,1-2H3. The number of halogens is 14. The molecule has 0 amide bonds. The minimum atomic E-state index is -2.84. The largest absolute Gasteiger partial charge is 0.497 e. The number of hydrogen-bond donors (Lipinski definition) is 0. The summed E-state index contributed by atoms with van der Waals surface area (Å²) in [5, 5.41) is -8.31. The molecule has 0 saturated heterocycles. The van der Waals surface area contributed by atoms with Gasteiger partial charge in [0.2, 0.25) is 11.6 Å². The molecule has 0 atom stereocenters. The normalized spacial score (nSPS) is 11.6. The van der Waals surface area contributed by atoms with Crippen molar-refractivity contribution in [1.82, 2.24) is 0 Å². The first-order valence-corrected chi connectivity index (χ1v) is 11.5. The zero-order chi connectivity index (χ0) is 32.7. The monoisotopic (exact) mass is 642 g/mol. The van der Waals surface area contributed by atoms with E-state index in [4.69, 9.17) is 0 Å². The Morgan fingerprint density at radius 1 is 0.341 bits per heavy atom. The zero-order valence-corrected chi connectivity index (χ0v) is 21.3. The minimum absolute atomic E-state index is 0.305. The van der Waals surface area contributed by atoms with Crippen molar-refractivity contribution in [3.05, 3.63) is 93.6 Å². The van der Waals surface area contributed by atoms with Crippen molar-refractivity contribution < 1.29 is 70.9 Å². The van der Waals surface area contributed by atoms with Crippen molar-refractivity contribution in [2.75, 3.05) is 14.2 Å². The minimum Gasteiger partial charge on any atom is -0.497 e. The Bertz CT molecular complexity index is 1960. The van der Waals surface area contributed by atoms with Crippen LogP contribution in [0.4, 0.5) is 61.5 Å². The van der Waals surface area contributed by atoms with Crippen LogP contribution in [0, 0.1) is 81.4 Å². The lowest BCUT2D eigenvalue weighted by Gasteiger charge is -2.22. The van der Waals surface area contributed by atoms with E-state index >= 15 is 35.1 Å². The van der Waals surface area contributed by atoms with Gasteiger partial charge in [0.15, 0.2) is 63.9 Å². The van der Waals surface area contributed by atoms with Crippen LogP contribution in [0.5, 0.6) is 11.5 Å². The number of fused-ring (bicyclic) bond motifs is 2. The fourth-order valence-corrected chi connectivity index (χ4v) is 4.87. The topological polar surface area (TPSA) is 18.5 Å². The molecule has 0 aliphatic rings. The number of hydrogen-bond acceptors (Lipinski definition) is 2. The third kappa shape index (κ3) is 3.95. The maximum atomic E-state index is 15.5. The second kappa shape index (κ2) is 10.4. The second-order valence-corrected chi connectivity index (χ2v) is 8.89. The molecule has 5 aromatic rings. The van der Waals surface area contributed by atoms with E-state index in [1.807, 2.05) is 0 Å². The van der Waals surface area contributed by atoms with Gasteiger partial charge in [0.1, 0.15) is 17.4 Å². The molecule has 0 unspecified atom stereocenters. The second-order valence-electron chi connectivity index (χ2n) is 8.89. The highest BCUT2D eigenvalue weighted by Gasteiger charge is 2.38. The molecule has 0 fully saturated rings. The first-order chi connectivity index (χ1) is 20.6. The number of ether oxygens (including phenoxy) is 2. The predicted molar refractivity (Wildman–Crippen MR) is 125 cm³/mol. The Morgan fingerprint density at radius 2 is 0.659 bits per heavy atom. The van der Waals surface area contributed by atoms with E-state index in [0.717, 1.165) is 7.11 Å². The van der Waals surface area contributed by atoms with Crippen LogP contribution >= 0.6 is 0 Å². The summed E-state index contributed by atoms with van der Waals surface area (Å²) in [6.07, 6.45) is 0. The highest BCUT2D eigenvalue weighted by Crippen LogP contribution is 2.52. The lowest BCUT2D eigenvalue weighted by Crippen LogP contribution is -2.10. The molecular formula is C28H8F14O2. The van der Waals surface area contributed by atoms with E-state index in [1.54, 1.807) is 0 Å². The lowest BCUT2D eigenvalue weighted by molar-refractivity contribution is 0.334. The molecule has 0 N–H and O–H groups in total. The summed E-state index contributed by atoms with van der Waals surface area (Å²) in [5.41, 5.74) is -8.06. The fraction of sp³-hybridized carbons (Fsp3) is 0.0714. The average Bonchev–Trinajstić information content (AvgIpc) is 2.99. The fourth-order valence-electron chi connectivity index (χ4n) is 4.87. The van der Waals surface area contributed by atoms with Gasteiger partial charge in [0.05, 0.1) is 25.3 Å². The van der Waals surface area contributed by atoms with E-state index in [0.29, 0.717) is 19.2 Å². The quantitative estimate of drug-likeness (QED) is 0.0843. The SMILES string of the molecule is COc1cc(F)c(-c2c3c(F)c(F)c(F)c(F)c3c(-c3c(F)c(F)c(OC)c(F)c3F)c3c(F)c(F)c(F)c(F)c23)c(F)c1. The summed E-state index contributed by atoms with van der Waals surface area (Å²) in [7, 11) is 1.40. The summed E-state index contributed by atoms with van der Waals surface area (Å²) in [5.74, 6) is -38.6. The highest BCUT2D eigenvalue weighted by atomic mass is 19.2. The third-order valence-electron chi connectivity index (χ3n) is 6.71. The van der Waals surface area contributed by atoms with E-state index in [2.05, 4.69) is 9.47 Å². The molecule has 5 rings (SSSR count). The van der Waals surface area contributed by atoms with Crippen LogP contribution < -0.4 is 9.47 Å². The van der Waals surface area contributed by atoms with Gasteiger partial charge in [-0.2, -0.15) is 8.78 Å². The molecule has 0 radical (unpaired) electrons. The van der Waals surface area contributed by atoms with Gasteiger partial charge in [-0.25, -0.2) is 52.7 Å². The smallest absolute Gasteiger partial charge is 0.204 e. The Balaban J connectivity index is 2.29. The molecule has 0 aliphatic heterocycles. The van der Waals surface area contributed by atoms with E-state index in [1.165, 1.54) is 0 Å². The maximum Gasteiger partial charge on any atom is 0.204 e. The third-order valence-corrected chi connectivity index (χ3v) is 6.71. The molecule has 5 aromatic carbocycles. The van der Waals surface area contributed by atoms with Crippen molar-refractivity contribution >= 4 is 21.5 Å². The molecule has 0 bridgehead atoms. The maximum absolute atomic E-state index is 15.5. The molecule has 230 valence electrons.